The highest BCUT2D eigenvalue weighted by atomic mass is 16.5. The fourth-order valence-corrected chi connectivity index (χ4v) is 5.08. The number of hydrogen-bond donors (Lipinski definition) is 3. The summed E-state index contributed by atoms with van der Waals surface area (Å²) in [6.45, 7) is 5.34. The molecule has 220 valence electrons. The highest BCUT2D eigenvalue weighted by Crippen LogP contribution is 2.33. The number of phenolic OH excluding ortho intramolecular Hbond substituents is 1. The number of para-hydroxylation sites is 2. The fraction of sp³-hybridized carbons (Fsp3) is 0.355. The number of nitrogens with zero attached hydrogens (tertiary/aromatic N) is 3. The molecule has 4 aromatic rings. The smallest absolute Gasteiger partial charge is 0.250 e. The van der Waals surface area contributed by atoms with Gasteiger partial charge in [-0.2, -0.15) is 0 Å². The number of rotatable bonds is 12. The Kier molecular flexibility index (Phi) is 9.18. The molecule has 0 unspecified atom stereocenters. The van der Waals surface area contributed by atoms with E-state index in [9.17, 15) is 14.7 Å². The van der Waals surface area contributed by atoms with Gasteiger partial charge in [-0.15, -0.1) is 5.10 Å². The van der Waals surface area contributed by atoms with Crippen molar-refractivity contribution in [3.63, 3.8) is 0 Å². The standard InChI is InChI=1S/C31H35N5O6/c1-3-40-26-14-8-5-11-22(26)29(36-24-13-7-6-12-23(24)34-35-36)31(39)33-28(30(38)32-19-21-10-9-17-42-21)20-15-16-25(37)27(18-20)41-4-2/h5-8,11-16,18,21,28-29,37H,3-4,9-10,17,19H2,1-2H3,(H,32,38)(H,33,39)/t21-,28+,29-/m1/s1. The van der Waals surface area contributed by atoms with Crippen molar-refractivity contribution >= 4 is 22.8 Å². The second-order valence-corrected chi connectivity index (χ2v) is 9.88. The van der Waals surface area contributed by atoms with Crippen LogP contribution in [-0.2, 0) is 14.3 Å². The molecule has 2 heterocycles. The summed E-state index contributed by atoms with van der Waals surface area (Å²) in [7, 11) is 0. The summed E-state index contributed by atoms with van der Waals surface area (Å²) >= 11 is 0. The van der Waals surface area contributed by atoms with Gasteiger partial charge in [-0.25, -0.2) is 4.68 Å². The summed E-state index contributed by atoms with van der Waals surface area (Å²) < 4.78 is 18.7. The molecule has 0 radical (unpaired) electrons. The van der Waals surface area contributed by atoms with Crippen LogP contribution in [0.15, 0.2) is 66.7 Å². The van der Waals surface area contributed by atoms with Crippen LogP contribution in [0, 0.1) is 0 Å². The van der Waals surface area contributed by atoms with Crippen LogP contribution in [0.4, 0.5) is 0 Å². The first-order valence-electron chi connectivity index (χ1n) is 14.2. The molecule has 1 aliphatic rings. The van der Waals surface area contributed by atoms with Gasteiger partial charge >= 0.3 is 0 Å². The summed E-state index contributed by atoms with van der Waals surface area (Å²) in [6, 6.07) is 17.0. The molecule has 0 saturated carbocycles. The third-order valence-electron chi connectivity index (χ3n) is 7.08. The summed E-state index contributed by atoms with van der Waals surface area (Å²) in [4.78, 5) is 28.0. The summed E-state index contributed by atoms with van der Waals surface area (Å²) in [5, 5.41) is 24.8. The van der Waals surface area contributed by atoms with Crippen LogP contribution in [0.5, 0.6) is 17.2 Å². The van der Waals surface area contributed by atoms with Gasteiger partial charge in [0, 0.05) is 18.7 Å². The summed E-state index contributed by atoms with van der Waals surface area (Å²) in [5.41, 5.74) is 2.27. The van der Waals surface area contributed by atoms with Gasteiger partial charge in [-0.1, -0.05) is 41.6 Å². The maximum Gasteiger partial charge on any atom is 0.250 e. The predicted octanol–water partition coefficient (Wildman–Crippen LogP) is 3.68. The predicted molar refractivity (Wildman–Crippen MR) is 155 cm³/mol. The minimum absolute atomic E-state index is 0.0666. The van der Waals surface area contributed by atoms with Crippen molar-refractivity contribution < 1.29 is 28.9 Å². The van der Waals surface area contributed by atoms with E-state index in [1.54, 1.807) is 31.2 Å². The molecule has 0 aliphatic carbocycles. The molecule has 3 aromatic carbocycles. The van der Waals surface area contributed by atoms with E-state index in [0.717, 1.165) is 12.8 Å². The Morgan fingerprint density at radius 1 is 1.02 bits per heavy atom. The molecule has 0 bridgehead atoms. The van der Waals surface area contributed by atoms with Gasteiger partial charge in [0.05, 0.1) is 24.8 Å². The van der Waals surface area contributed by atoms with Crippen molar-refractivity contribution in [1.82, 2.24) is 25.6 Å². The Morgan fingerprint density at radius 2 is 1.79 bits per heavy atom. The highest BCUT2D eigenvalue weighted by Gasteiger charge is 2.33. The molecule has 1 aliphatic heterocycles. The second kappa shape index (κ2) is 13.3. The van der Waals surface area contributed by atoms with Crippen LogP contribution in [-0.4, -0.2) is 64.4 Å². The Labute approximate surface area is 243 Å². The zero-order valence-electron chi connectivity index (χ0n) is 23.7. The molecule has 1 aromatic heterocycles. The van der Waals surface area contributed by atoms with Crippen molar-refractivity contribution in [2.45, 2.75) is 44.9 Å². The Hall–Kier alpha value is -4.64. The number of nitrogens with one attached hydrogen (secondary N) is 2. The van der Waals surface area contributed by atoms with Crippen LogP contribution in [0.3, 0.4) is 0 Å². The van der Waals surface area contributed by atoms with E-state index in [1.807, 2.05) is 43.3 Å². The fourth-order valence-electron chi connectivity index (χ4n) is 5.08. The largest absolute Gasteiger partial charge is 0.504 e. The lowest BCUT2D eigenvalue weighted by Crippen LogP contribution is -2.45. The third kappa shape index (κ3) is 6.31. The molecule has 42 heavy (non-hydrogen) atoms. The minimum atomic E-state index is -1.12. The van der Waals surface area contributed by atoms with Gasteiger partial charge in [-0.05, 0) is 62.6 Å². The molecule has 3 N–H and O–H groups in total. The molecule has 5 rings (SSSR count). The lowest BCUT2D eigenvalue weighted by molar-refractivity contribution is -0.130. The number of amides is 2. The van der Waals surface area contributed by atoms with Crippen molar-refractivity contribution in [2.75, 3.05) is 26.4 Å². The first-order chi connectivity index (χ1) is 20.5. The van der Waals surface area contributed by atoms with Gasteiger partial charge in [0.1, 0.15) is 17.3 Å². The Balaban J connectivity index is 1.54. The number of fused-ring (bicyclic) bond motifs is 1. The number of benzene rings is 3. The summed E-state index contributed by atoms with van der Waals surface area (Å²) in [6.07, 6.45) is 1.69. The number of carbonyl (C=O) groups is 2. The average Bonchev–Trinajstić information content (AvgIpc) is 3.68. The topological polar surface area (TPSA) is 137 Å². The van der Waals surface area contributed by atoms with Crippen molar-refractivity contribution in [1.29, 1.82) is 0 Å². The zero-order valence-corrected chi connectivity index (χ0v) is 23.7. The molecule has 2 amide bonds. The summed E-state index contributed by atoms with van der Waals surface area (Å²) in [5.74, 6) is -0.263. The van der Waals surface area contributed by atoms with E-state index in [0.29, 0.717) is 54.3 Å². The molecule has 1 fully saturated rings. The number of aromatic nitrogens is 3. The van der Waals surface area contributed by atoms with Gasteiger partial charge in [0.15, 0.2) is 17.5 Å². The maximum absolute atomic E-state index is 14.3. The van der Waals surface area contributed by atoms with Crippen LogP contribution >= 0.6 is 0 Å². The molecule has 3 atom stereocenters. The van der Waals surface area contributed by atoms with Gasteiger partial charge in [-0.3, -0.25) is 9.59 Å². The maximum atomic E-state index is 14.3. The van der Waals surface area contributed by atoms with E-state index < -0.39 is 23.9 Å². The lowest BCUT2D eigenvalue weighted by Gasteiger charge is -2.25. The lowest BCUT2D eigenvalue weighted by atomic mass is 10.0. The normalized spacial score (nSPS) is 16.1. The zero-order chi connectivity index (χ0) is 29.5. The molecular weight excluding hydrogens is 538 g/mol. The van der Waals surface area contributed by atoms with Gasteiger partial charge < -0.3 is 30.0 Å². The minimum Gasteiger partial charge on any atom is -0.504 e. The average molecular weight is 574 g/mol. The first-order valence-corrected chi connectivity index (χ1v) is 14.2. The number of ether oxygens (including phenoxy) is 3. The quantitative estimate of drug-likeness (QED) is 0.234. The molecular formula is C31H35N5O6. The van der Waals surface area contributed by atoms with E-state index >= 15 is 0 Å². The molecule has 11 heteroatoms. The van der Waals surface area contributed by atoms with Crippen molar-refractivity contribution in [3.8, 4) is 17.2 Å². The molecule has 0 spiro atoms. The number of hydrogen-bond acceptors (Lipinski definition) is 8. The van der Waals surface area contributed by atoms with E-state index in [1.165, 1.54) is 10.7 Å². The van der Waals surface area contributed by atoms with E-state index in [2.05, 4.69) is 20.9 Å². The molecule has 11 nitrogen and oxygen atoms in total. The van der Waals surface area contributed by atoms with E-state index in [4.69, 9.17) is 14.2 Å². The van der Waals surface area contributed by atoms with E-state index in [-0.39, 0.29) is 17.6 Å². The monoisotopic (exact) mass is 573 g/mol. The number of aromatic hydroxyl groups is 1. The van der Waals surface area contributed by atoms with Crippen LogP contribution in [0.1, 0.15) is 49.9 Å². The third-order valence-corrected chi connectivity index (χ3v) is 7.08. The van der Waals surface area contributed by atoms with Crippen LogP contribution < -0.4 is 20.1 Å². The first kappa shape index (κ1) is 28.9. The van der Waals surface area contributed by atoms with Crippen LogP contribution in [0.25, 0.3) is 11.0 Å². The SMILES string of the molecule is CCOc1cc([C@H](NC(=O)[C@@H](c2ccccc2OCC)n2nnc3ccccc32)C(=O)NC[C@H]2CCCO2)ccc1O. The van der Waals surface area contributed by atoms with Crippen molar-refractivity contribution in [3.05, 3.63) is 77.9 Å². The molecule has 1 saturated heterocycles. The van der Waals surface area contributed by atoms with Crippen molar-refractivity contribution in [2.24, 2.45) is 0 Å². The number of phenols is 1. The van der Waals surface area contributed by atoms with Crippen LogP contribution in [0.2, 0.25) is 0 Å². The Bertz CT molecular complexity index is 1530. The highest BCUT2D eigenvalue weighted by molar-refractivity contribution is 5.92. The van der Waals surface area contributed by atoms with Gasteiger partial charge in [0.2, 0.25) is 5.91 Å². The Morgan fingerprint density at radius 3 is 2.57 bits per heavy atom. The number of carbonyl (C=O) groups excluding carboxylic acids is 2. The second-order valence-electron chi connectivity index (χ2n) is 9.88. The van der Waals surface area contributed by atoms with Gasteiger partial charge in [0.25, 0.3) is 5.91 Å².